The number of amides is 1. The van der Waals surface area contributed by atoms with Crippen molar-refractivity contribution in [3.8, 4) is 6.07 Å². The largest absolute Gasteiger partial charge is 0.325 e. The van der Waals surface area contributed by atoms with E-state index >= 15 is 0 Å². The first kappa shape index (κ1) is 23.9. The molecule has 1 heterocycles. The van der Waals surface area contributed by atoms with E-state index in [9.17, 15) is 17.8 Å². The van der Waals surface area contributed by atoms with Crippen LogP contribution in [0.15, 0.2) is 36.4 Å². The summed E-state index contributed by atoms with van der Waals surface area (Å²) in [6.07, 6.45) is 0.203. The molecular formula is C20H21ClF2N4O2S. The number of rotatable bonds is 3. The Balaban J connectivity index is 0.00000155. The van der Waals surface area contributed by atoms with E-state index in [1.54, 1.807) is 12.1 Å². The summed E-state index contributed by atoms with van der Waals surface area (Å²) in [6.45, 7) is 4.00. The van der Waals surface area contributed by atoms with Crippen LogP contribution in [0.2, 0.25) is 5.02 Å². The second kappa shape index (κ2) is 10.6. The molecule has 0 saturated carbocycles. The van der Waals surface area contributed by atoms with Crippen molar-refractivity contribution in [3.05, 3.63) is 64.2 Å². The van der Waals surface area contributed by atoms with Crippen LogP contribution in [0.25, 0.3) is 0 Å². The summed E-state index contributed by atoms with van der Waals surface area (Å²) in [5, 5.41) is 11.3. The molecule has 0 bridgehead atoms. The second-order valence-corrected chi connectivity index (χ2v) is 7.90. The molecule has 3 atom stereocenters. The van der Waals surface area contributed by atoms with E-state index in [1.807, 2.05) is 13.8 Å². The van der Waals surface area contributed by atoms with Gasteiger partial charge in [-0.1, -0.05) is 31.5 Å². The molecule has 1 fully saturated rings. The summed E-state index contributed by atoms with van der Waals surface area (Å²) in [5.74, 6) is -1.75. The Morgan fingerprint density at radius 1 is 1.27 bits per heavy atom. The zero-order valence-electron chi connectivity index (χ0n) is 16.6. The Kier molecular flexibility index (Phi) is 8.43. The maximum absolute atomic E-state index is 13.9. The number of nitriles is 1. The molecule has 0 spiro atoms. The average Bonchev–Trinajstić information content (AvgIpc) is 2.74. The van der Waals surface area contributed by atoms with Gasteiger partial charge in [-0.05, 0) is 42.3 Å². The van der Waals surface area contributed by atoms with Gasteiger partial charge in [0.1, 0.15) is 23.7 Å². The summed E-state index contributed by atoms with van der Waals surface area (Å²) < 4.78 is 43.7. The minimum Gasteiger partial charge on any atom is -0.325 e. The van der Waals surface area contributed by atoms with Crippen LogP contribution in [0.4, 0.5) is 14.5 Å². The number of likely N-dealkylation sites (N-methyl/N-ethyl adjacent to an activating group) is 1. The van der Waals surface area contributed by atoms with Crippen LogP contribution in [-0.2, 0) is 16.0 Å². The van der Waals surface area contributed by atoms with E-state index in [4.69, 9.17) is 16.9 Å². The van der Waals surface area contributed by atoms with Gasteiger partial charge in [-0.2, -0.15) is 5.26 Å². The van der Waals surface area contributed by atoms with Crippen molar-refractivity contribution in [1.82, 2.24) is 9.03 Å². The highest BCUT2D eigenvalue weighted by Crippen LogP contribution is 2.28. The minimum absolute atomic E-state index is 0.0970. The lowest BCUT2D eigenvalue weighted by molar-refractivity contribution is -0.120. The monoisotopic (exact) mass is 454 g/mol. The summed E-state index contributed by atoms with van der Waals surface area (Å²) in [7, 11) is 1.51. The first-order valence-corrected chi connectivity index (χ1v) is 10.6. The number of hydrogen-bond donors (Lipinski definition) is 2. The van der Waals surface area contributed by atoms with Crippen LogP contribution in [0.1, 0.15) is 37.4 Å². The van der Waals surface area contributed by atoms with E-state index < -0.39 is 40.8 Å². The topological polar surface area (TPSA) is 85.2 Å². The predicted octanol–water partition coefficient (Wildman–Crippen LogP) is 4.07. The van der Waals surface area contributed by atoms with Gasteiger partial charge in [0, 0.05) is 18.8 Å². The Hall–Kier alpha value is -2.38. The Morgan fingerprint density at radius 3 is 2.57 bits per heavy atom. The van der Waals surface area contributed by atoms with Gasteiger partial charge in [-0.15, -0.1) is 0 Å². The first-order chi connectivity index (χ1) is 14.3. The van der Waals surface area contributed by atoms with Crippen molar-refractivity contribution in [2.45, 2.75) is 32.4 Å². The number of nitrogens with zero attached hydrogens (tertiary/aromatic N) is 2. The molecular weight excluding hydrogens is 434 g/mol. The van der Waals surface area contributed by atoms with Gasteiger partial charge >= 0.3 is 0 Å². The average molecular weight is 455 g/mol. The zero-order chi connectivity index (χ0) is 22.4. The summed E-state index contributed by atoms with van der Waals surface area (Å²) in [4.78, 5) is 12.7. The summed E-state index contributed by atoms with van der Waals surface area (Å²) in [6, 6.07) is 8.23. The van der Waals surface area contributed by atoms with Gasteiger partial charge in [0.05, 0.1) is 10.6 Å². The van der Waals surface area contributed by atoms with E-state index in [2.05, 4.69) is 10.0 Å². The molecule has 10 heteroatoms. The molecule has 3 unspecified atom stereocenters. The molecule has 2 N–H and O–H groups in total. The van der Waals surface area contributed by atoms with Crippen molar-refractivity contribution in [3.63, 3.8) is 0 Å². The maximum Gasteiger partial charge on any atom is 0.242 e. The predicted molar refractivity (Wildman–Crippen MR) is 113 cm³/mol. The summed E-state index contributed by atoms with van der Waals surface area (Å²) in [5.41, 5.74) is 0.677. The molecule has 160 valence electrons. The summed E-state index contributed by atoms with van der Waals surface area (Å²) >= 11 is 4.03. The number of hydrogen-bond acceptors (Lipinski definition) is 3. The van der Waals surface area contributed by atoms with E-state index in [-0.39, 0.29) is 17.0 Å². The lowest BCUT2D eigenvalue weighted by atomic mass is 9.98. The molecule has 1 aliphatic rings. The quantitative estimate of drug-likeness (QED) is 0.733. The van der Waals surface area contributed by atoms with Gasteiger partial charge < -0.3 is 5.32 Å². The molecule has 0 aliphatic carbocycles. The van der Waals surface area contributed by atoms with E-state index in [0.717, 1.165) is 6.07 Å². The van der Waals surface area contributed by atoms with Crippen molar-refractivity contribution in [2.75, 3.05) is 12.4 Å². The van der Waals surface area contributed by atoms with Gasteiger partial charge in [-0.3, -0.25) is 4.79 Å². The standard InChI is InChI=1S/C18H15ClF2N4O2S.C2H6/c1-25-17(18(26)23-12-4-5-14(20)13(19)7-12)8-16(24-28(25)27)10-2-3-11(9-22)15(21)6-10;1-2/h2-7,16-17,24H,8H2,1H3,(H,23,26);1-2H3. The molecule has 2 aromatic carbocycles. The highest BCUT2D eigenvalue weighted by molar-refractivity contribution is 7.80. The Morgan fingerprint density at radius 2 is 1.97 bits per heavy atom. The molecule has 0 aromatic heterocycles. The third-order valence-electron chi connectivity index (χ3n) is 4.41. The second-order valence-electron chi connectivity index (χ2n) is 6.19. The van der Waals surface area contributed by atoms with Crippen LogP contribution < -0.4 is 10.0 Å². The third-order valence-corrected chi connectivity index (χ3v) is 5.96. The molecule has 30 heavy (non-hydrogen) atoms. The van der Waals surface area contributed by atoms with Crippen molar-refractivity contribution in [2.24, 2.45) is 0 Å². The van der Waals surface area contributed by atoms with Crippen LogP contribution in [0.5, 0.6) is 0 Å². The van der Waals surface area contributed by atoms with Gasteiger partial charge in [0.2, 0.25) is 5.91 Å². The van der Waals surface area contributed by atoms with Gasteiger partial charge in [0.25, 0.3) is 0 Å². The normalized spacial score (nSPS) is 21.2. The smallest absolute Gasteiger partial charge is 0.242 e. The fraction of sp³-hybridized carbons (Fsp3) is 0.300. The number of halogens is 3. The van der Waals surface area contributed by atoms with Crippen molar-refractivity contribution < 1.29 is 17.8 Å². The highest BCUT2D eigenvalue weighted by Gasteiger charge is 2.36. The van der Waals surface area contributed by atoms with Crippen LogP contribution in [0, 0.1) is 23.0 Å². The Labute approximate surface area is 181 Å². The molecule has 6 nitrogen and oxygen atoms in total. The van der Waals surface area contributed by atoms with Crippen LogP contribution >= 0.6 is 11.6 Å². The van der Waals surface area contributed by atoms with Crippen molar-refractivity contribution >= 4 is 34.4 Å². The lowest BCUT2D eigenvalue weighted by Crippen LogP contribution is -2.53. The van der Waals surface area contributed by atoms with Gasteiger partial charge in [-0.25, -0.2) is 22.0 Å². The van der Waals surface area contributed by atoms with Crippen molar-refractivity contribution in [1.29, 1.82) is 5.26 Å². The molecule has 3 rings (SSSR count). The van der Waals surface area contributed by atoms with E-state index in [0.29, 0.717) is 11.3 Å². The number of carbonyl (C=O) groups is 1. The number of benzene rings is 2. The Bertz CT molecular complexity index is 999. The first-order valence-electron chi connectivity index (χ1n) is 9.16. The van der Waals surface area contributed by atoms with Crippen LogP contribution in [-0.4, -0.2) is 27.5 Å². The highest BCUT2D eigenvalue weighted by atomic mass is 35.5. The fourth-order valence-electron chi connectivity index (χ4n) is 2.85. The maximum atomic E-state index is 13.9. The minimum atomic E-state index is -1.70. The molecule has 1 saturated heterocycles. The number of anilines is 1. The molecule has 1 amide bonds. The molecule has 1 aliphatic heterocycles. The lowest BCUT2D eigenvalue weighted by Gasteiger charge is -2.35. The zero-order valence-corrected chi connectivity index (χ0v) is 18.2. The van der Waals surface area contributed by atoms with Crippen LogP contribution in [0.3, 0.4) is 0 Å². The number of carbonyl (C=O) groups excluding carboxylic acids is 1. The molecule has 0 radical (unpaired) electrons. The van der Waals surface area contributed by atoms with Gasteiger partial charge in [0.15, 0.2) is 11.2 Å². The molecule has 2 aromatic rings. The fourth-order valence-corrected chi connectivity index (χ4v) is 4.09. The number of nitrogens with one attached hydrogen (secondary N) is 2. The third kappa shape index (κ3) is 5.40. The van der Waals surface area contributed by atoms with E-state index in [1.165, 1.54) is 35.6 Å². The SMILES string of the molecule is CC.CN1C(C(=O)Nc2ccc(F)c(Cl)c2)CC(c2ccc(C#N)c(F)c2)NS1=O.